The molecule has 0 amide bonds. The predicted molar refractivity (Wildman–Crippen MR) is 68.1 cm³/mol. The Morgan fingerprint density at radius 3 is 2.53 bits per heavy atom. The molecule has 1 aromatic rings. The molecule has 1 atom stereocenters. The topological polar surface area (TPSA) is 92.6 Å². The Bertz CT molecular complexity index is 447. The number of carboxylic acids is 1. The first kappa shape index (κ1) is 14.9. The van der Waals surface area contributed by atoms with Gasteiger partial charge in [0.2, 0.25) is 0 Å². The molecule has 0 aliphatic carbocycles. The van der Waals surface area contributed by atoms with Crippen LogP contribution in [0.25, 0.3) is 0 Å². The molecule has 1 unspecified atom stereocenters. The van der Waals surface area contributed by atoms with Crippen molar-refractivity contribution in [3.63, 3.8) is 0 Å². The Balaban J connectivity index is 2.87. The molecule has 0 aliphatic heterocycles. The zero-order valence-corrected chi connectivity index (χ0v) is 11.2. The van der Waals surface area contributed by atoms with Gasteiger partial charge in [-0.1, -0.05) is 0 Å². The lowest BCUT2D eigenvalue weighted by Gasteiger charge is -2.27. The Hall–Kier alpha value is -2.18. The number of carbonyl (C=O) groups is 2. The molecule has 1 N–H and O–H groups in total. The first-order valence-electron chi connectivity index (χ1n) is 5.90. The van der Waals surface area contributed by atoms with Gasteiger partial charge in [-0.25, -0.2) is 4.79 Å². The molecule has 1 heterocycles. The van der Waals surface area contributed by atoms with Crippen LogP contribution in [-0.2, 0) is 9.53 Å². The summed E-state index contributed by atoms with van der Waals surface area (Å²) in [6, 6.07) is 2.92. The first-order chi connectivity index (χ1) is 8.99. The maximum Gasteiger partial charge on any atom is 0.358 e. The van der Waals surface area contributed by atoms with Crippen molar-refractivity contribution >= 4 is 17.8 Å². The number of aromatic nitrogens is 2. The molecule has 0 saturated carbocycles. The number of carboxylic acid groups (broad SMARTS) is 1. The van der Waals surface area contributed by atoms with Gasteiger partial charge in [-0.3, -0.25) is 4.79 Å². The van der Waals surface area contributed by atoms with E-state index in [4.69, 9.17) is 5.11 Å². The lowest BCUT2D eigenvalue weighted by Crippen LogP contribution is -2.35. The summed E-state index contributed by atoms with van der Waals surface area (Å²) in [5.41, 5.74) is 0.119. The van der Waals surface area contributed by atoms with Crippen molar-refractivity contribution in [3.8, 4) is 0 Å². The van der Waals surface area contributed by atoms with Gasteiger partial charge >= 0.3 is 11.9 Å². The molecule has 1 rings (SSSR count). The molecule has 0 fully saturated rings. The summed E-state index contributed by atoms with van der Waals surface area (Å²) in [6.07, 6.45) is 0.00821. The number of esters is 1. The van der Waals surface area contributed by atoms with Gasteiger partial charge in [0.05, 0.1) is 13.5 Å². The molecule has 0 saturated heterocycles. The van der Waals surface area contributed by atoms with Crippen LogP contribution >= 0.6 is 0 Å². The molecule has 104 valence electrons. The molecule has 0 aliphatic rings. The number of hydrogen-bond donors (Lipinski definition) is 1. The second-order valence-electron chi connectivity index (χ2n) is 4.00. The van der Waals surface area contributed by atoms with Crippen molar-refractivity contribution in [2.45, 2.75) is 26.3 Å². The van der Waals surface area contributed by atoms with Crippen molar-refractivity contribution < 1.29 is 19.4 Å². The van der Waals surface area contributed by atoms with Gasteiger partial charge in [0.1, 0.15) is 0 Å². The maximum atomic E-state index is 11.2. The summed E-state index contributed by atoms with van der Waals surface area (Å²) >= 11 is 0. The highest BCUT2D eigenvalue weighted by atomic mass is 16.5. The number of nitrogens with zero attached hydrogens (tertiary/aromatic N) is 3. The van der Waals surface area contributed by atoms with Gasteiger partial charge in [-0.05, 0) is 26.0 Å². The first-order valence-corrected chi connectivity index (χ1v) is 5.90. The van der Waals surface area contributed by atoms with E-state index in [1.54, 1.807) is 13.0 Å². The van der Waals surface area contributed by atoms with Crippen molar-refractivity contribution in [1.29, 1.82) is 0 Å². The van der Waals surface area contributed by atoms with Crippen LogP contribution in [0.2, 0.25) is 0 Å². The molecular weight excluding hydrogens is 250 g/mol. The molecule has 0 spiro atoms. The smallest absolute Gasteiger partial charge is 0.358 e. The van der Waals surface area contributed by atoms with Crippen LogP contribution in [0.15, 0.2) is 12.1 Å². The minimum Gasteiger partial charge on any atom is -0.481 e. The van der Waals surface area contributed by atoms with E-state index < -0.39 is 11.9 Å². The maximum absolute atomic E-state index is 11.2. The summed E-state index contributed by atoms with van der Waals surface area (Å²) in [4.78, 5) is 23.8. The van der Waals surface area contributed by atoms with E-state index in [0.717, 1.165) is 0 Å². The van der Waals surface area contributed by atoms with Crippen molar-refractivity contribution in [2.24, 2.45) is 0 Å². The fourth-order valence-electron chi connectivity index (χ4n) is 1.75. The van der Waals surface area contributed by atoms with Gasteiger partial charge in [0.15, 0.2) is 11.5 Å². The van der Waals surface area contributed by atoms with Gasteiger partial charge in [0.25, 0.3) is 0 Å². The molecule has 7 heteroatoms. The second kappa shape index (κ2) is 6.67. The molecule has 7 nitrogen and oxygen atoms in total. The summed E-state index contributed by atoms with van der Waals surface area (Å²) in [6.45, 7) is 4.29. The molecule has 0 aromatic carbocycles. The number of aliphatic carboxylic acids is 1. The zero-order valence-electron chi connectivity index (χ0n) is 11.2. The third-order valence-corrected chi connectivity index (χ3v) is 2.68. The van der Waals surface area contributed by atoms with Crippen LogP contribution in [-0.4, -0.2) is 46.9 Å². The highest BCUT2D eigenvalue weighted by Crippen LogP contribution is 2.15. The highest BCUT2D eigenvalue weighted by molar-refractivity contribution is 5.87. The number of rotatable bonds is 6. The van der Waals surface area contributed by atoms with E-state index in [9.17, 15) is 9.59 Å². The Morgan fingerprint density at radius 1 is 1.42 bits per heavy atom. The highest BCUT2D eigenvalue weighted by Gasteiger charge is 2.18. The molecule has 1 aromatic heterocycles. The Labute approximate surface area is 111 Å². The van der Waals surface area contributed by atoms with Crippen LogP contribution in [0.1, 0.15) is 30.8 Å². The van der Waals surface area contributed by atoms with E-state index in [2.05, 4.69) is 14.9 Å². The van der Waals surface area contributed by atoms with Crippen molar-refractivity contribution in [2.75, 3.05) is 18.6 Å². The summed E-state index contributed by atoms with van der Waals surface area (Å²) < 4.78 is 4.53. The fraction of sp³-hybridized carbons (Fsp3) is 0.500. The molecule has 0 bridgehead atoms. The van der Waals surface area contributed by atoms with Gasteiger partial charge in [0, 0.05) is 12.6 Å². The molecular formula is C12H17N3O4. The Kier molecular flexibility index (Phi) is 5.23. The monoisotopic (exact) mass is 267 g/mol. The average Bonchev–Trinajstić information content (AvgIpc) is 2.38. The molecule has 0 radical (unpaired) electrons. The van der Waals surface area contributed by atoms with Crippen molar-refractivity contribution in [1.82, 2.24) is 10.2 Å². The van der Waals surface area contributed by atoms with E-state index in [1.807, 2.05) is 11.8 Å². The largest absolute Gasteiger partial charge is 0.481 e. The lowest BCUT2D eigenvalue weighted by atomic mass is 10.2. The number of ether oxygens (including phenoxy) is 1. The van der Waals surface area contributed by atoms with Crippen LogP contribution in [0.4, 0.5) is 5.82 Å². The standard InChI is InChI=1S/C12H17N3O4/c1-4-15(8(2)7-11(16)17)10-6-5-9(13-14-10)12(18)19-3/h5-6,8H,4,7H2,1-3H3,(H,16,17). The summed E-state index contributed by atoms with van der Waals surface area (Å²) in [7, 11) is 1.27. The van der Waals surface area contributed by atoms with Crippen molar-refractivity contribution in [3.05, 3.63) is 17.8 Å². The zero-order chi connectivity index (χ0) is 14.4. The van der Waals surface area contributed by atoms with E-state index in [1.165, 1.54) is 13.2 Å². The van der Waals surface area contributed by atoms with Gasteiger partial charge in [-0.15, -0.1) is 10.2 Å². The minimum absolute atomic E-state index is 0.00821. The average molecular weight is 267 g/mol. The van der Waals surface area contributed by atoms with E-state index in [-0.39, 0.29) is 18.2 Å². The van der Waals surface area contributed by atoms with Crippen LogP contribution in [0.3, 0.4) is 0 Å². The Morgan fingerprint density at radius 2 is 2.11 bits per heavy atom. The van der Waals surface area contributed by atoms with Crippen LogP contribution in [0, 0.1) is 0 Å². The van der Waals surface area contributed by atoms with Gasteiger partial charge in [-0.2, -0.15) is 0 Å². The third kappa shape index (κ3) is 3.90. The summed E-state index contributed by atoms with van der Waals surface area (Å²) in [5, 5.41) is 16.5. The SMILES string of the molecule is CCN(c1ccc(C(=O)OC)nn1)C(C)CC(=O)O. The quantitative estimate of drug-likeness (QED) is 0.767. The fourth-order valence-corrected chi connectivity index (χ4v) is 1.75. The second-order valence-corrected chi connectivity index (χ2v) is 4.00. The summed E-state index contributed by atoms with van der Waals surface area (Å²) in [5.74, 6) is -0.894. The number of anilines is 1. The van der Waals surface area contributed by atoms with Crippen LogP contribution in [0.5, 0.6) is 0 Å². The van der Waals surface area contributed by atoms with Crippen LogP contribution < -0.4 is 4.90 Å². The predicted octanol–water partition coefficient (Wildman–Crippen LogP) is 0.953. The normalized spacial score (nSPS) is 11.7. The third-order valence-electron chi connectivity index (χ3n) is 2.68. The van der Waals surface area contributed by atoms with E-state index >= 15 is 0 Å². The van der Waals surface area contributed by atoms with Gasteiger partial charge < -0.3 is 14.7 Å². The number of carbonyl (C=O) groups excluding carboxylic acids is 1. The number of hydrogen-bond acceptors (Lipinski definition) is 6. The molecule has 19 heavy (non-hydrogen) atoms. The minimum atomic E-state index is -0.870. The number of methoxy groups -OCH3 is 1. The lowest BCUT2D eigenvalue weighted by molar-refractivity contribution is -0.137. The van der Waals surface area contributed by atoms with E-state index in [0.29, 0.717) is 12.4 Å².